The number of thioether (sulfide) groups is 2. The molecule has 1 fully saturated rings. The first-order chi connectivity index (χ1) is 9.04. The van der Waals surface area contributed by atoms with Gasteiger partial charge in [-0.3, -0.25) is 9.69 Å². The Kier molecular flexibility index (Phi) is 6.67. The number of nitrogens with zero attached hydrogens (tertiary/aromatic N) is 1. The van der Waals surface area contributed by atoms with E-state index in [1.807, 2.05) is 0 Å². The maximum atomic E-state index is 11.3. The van der Waals surface area contributed by atoms with E-state index in [0.29, 0.717) is 10.7 Å². The number of amides is 1. The van der Waals surface area contributed by atoms with E-state index in [0.717, 1.165) is 11.8 Å². The van der Waals surface area contributed by atoms with Crippen LogP contribution >= 0.6 is 23.5 Å². The fraction of sp³-hybridized carbons (Fsp3) is 0.364. The van der Waals surface area contributed by atoms with Crippen LogP contribution in [0.5, 0.6) is 0 Å². The van der Waals surface area contributed by atoms with E-state index >= 15 is 0 Å². The zero-order chi connectivity index (χ0) is 14.0. The number of hydrogen-bond donors (Lipinski definition) is 0. The zero-order valence-corrected chi connectivity index (χ0v) is 14.6. The van der Waals surface area contributed by atoms with Crippen molar-refractivity contribution in [3.8, 4) is 0 Å². The number of hydrogen-bond acceptors (Lipinski definition) is 7. The van der Waals surface area contributed by atoms with Crippen LogP contribution in [0.15, 0.2) is 21.4 Å². The molecule has 0 aromatic rings. The summed E-state index contributed by atoms with van der Waals surface area (Å²) in [4.78, 5) is 34.7. The number of esters is 1. The van der Waals surface area contributed by atoms with E-state index in [9.17, 15) is 19.5 Å². The molecule has 0 aliphatic carbocycles. The topological polar surface area (TPSA) is 86.7 Å². The van der Waals surface area contributed by atoms with Gasteiger partial charge in [0.15, 0.2) is 0 Å². The van der Waals surface area contributed by atoms with Gasteiger partial charge in [0.25, 0.3) is 0 Å². The molecule has 102 valence electrons. The fourth-order valence-corrected chi connectivity index (χ4v) is 4.05. The summed E-state index contributed by atoms with van der Waals surface area (Å²) in [5.41, 5.74) is -0.107. The van der Waals surface area contributed by atoms with Gasteiger partial charge in [-0.25, -0.2) is 4.79 Å². The van der Waals surface area contributed by atoms with Crippen LogP contribution in [0.1, 0.15) is 13.3 Å². The summed E-state index contributed by atoms with van der Waals surface area (Å²) < 4.78 is 5.15. The monoisotopic (exact) mass is 323 g/mol. The van der Waals surface area contributed by atoms with Gasteiger partial charge in [0, 0.05) is 6.08 Å². The zero-order valence-electron chi connectivity index (χ0n) is 11.0. The smallest absolute Gasteiger partial charge is 0.543 e. The molecule has 0 saturated carbocycles. The Morgan fingerprint density at radius 1 is 1.60 bits per heavy atom. The van der Waals surface area contributed by atoms with Crippen molar-refractivity contribution < 1.29 is 53.8 Å². The Bertz CT molecular complexity index is 505. The standard InChI is InChI=1S/C11H11NO5S2.Na/c1-2-17-8(14)3-4-18-11-9(10(15)16)12-6(13)5-7(12)19-11;/h3-4,7H,2,5H2,1H3,(H,15,16);/q;+1/p-1/b4-3-;/t7-;/m1./s1. The molecule has 1 atom stereocenters. The second-order valence-electron chi connectivity index (χ2n) is 3.64. The second-order valence-corrected chi connectivity index (χ2v) is 6.00. The Morgan fingerprint density at radius 3 is 2.85 bits per heavy atom. The van der Waals surface area contributed by atoms with Crippen molar-refractivity contribution in [2.75, 3.05) is 6.61 Å². The molecule has 0 aromatic heterocycles. The molecule has 2 aliphatic rings. The van der Waals surface area contributed by atoms with Crippen molar-refractivity contribution in [2.45, 2.75) is 18.7 Å². The molecular formula is C11H10NNaO5S2. The molecule has 0 N–H and O–H groups in total. The second kappa shape index (κ2) is 7.56. The molecule has 0 bridgehead atoms. The molecule has 9 heteroatoms. The number of carboxylic acids is 1. The van der Waals surface area contributed by atoms with E-state index in [-0.39, 0.29) is 53.1 Å². The Morgan fingerprint density at radius 2 is 2.30 bits per heavy atom. The Hall–Kier alpha value is -0.410. The van der Waals surface area contributed by atoms with E-state index < -0.39 is 11.9 Å². The van der Waals surface area contributed by atoms with Gasteiger partial charge in [-0.05, 0) is 12.3 Å². The molecule has 2 heterocycles. The van der Waals surface area contributed by atoms with E-state index in [4.69, 9.17) is 4.74 Å². The third-order valence-electron chi connectivity index (χ3n) is 2.44. The molecule has 2 rings (SSSR count). The van der Waals surface area contributed by atoms with Gasteiger partial charge >= 0.3 is 35.5 Å². The maximum absolute atomic E-state index is 11.3. The van der Waals surface area contributed by atoms with Crippen molar-refractivity contribution >= 4 is 41.4 Å². The van der Waals surface area contributed by atoms with Gasteiger partial charge in [0.2, 0.25) is 5.91 Å². The summed E-state index contributed by atoms with van der Waals surface area (Å²) in [5.74, 6) is -2.09. The van der Waals surface area contributed by atoms with Crippen LogP contribution in [-0.2, 0) is 19.1 Å². The number of carbonyl (C=O) groups excluding carboxylic acids is 3. The summed E-state index contributed by atoms with van der Waals surface area (Å²) in [6, 6.07) is 0. The number of β-lactam (4-membered cyclic amide) rings is 1. The van der Waals surface area contributed by atoms with Crippen LogP contribution < -0.4 is 34.7 Å². The Labute approximate surface area is 146 Å². The van der Waals surface area contributed by atoms with Crippen LogP contribution in [-0.4, -0.2) is 34.7 Å². The largest absolute Gasteiger partial charge is 1.00 e. The van der Waals surface area contributed by atoms with E-state index in [1.54, 1.807) is 6.92 Å². The van der Waals surface area contributed by atoms with Crippen molar-refractivity contribution in [3.05, 3.63) is 21.4 Å². The molecule has 1 saturated heterocycles. The number of fused-ring (bicyclic) bond motifs is 1. The number of aliphatic carboxylic acids is 1. The maximum Gasteiger partial charge on any atom is 1.00 e. The predicted molar refractivity (Wildman–Crippen MR) is 68.2 cm³/mol. The molecule has 6 nitrogen and oxygen atoms in total. The van der Waals surface area contributed by atoms with Crippen molar-refractivity contribution in [1.82, 2.24) is 4.90 Å². The number of carbonyl (C=O) groups is 3. The Balaban J connectivity index is 0.00000200. The minimum atomic E-state index is -1.38. The minimum absolute atomic E-state index is 0. The van der Waals surface area contributed by atoms with Gasteiger partial charge in [0.05, 0.1) is 34.3 Å². The summed E-state index contributed by atoms with van der Waals surface area (Å²) in [6.45, 7) is 1.97. The molecular weight excluding hydrogens is 313 g/mol. The van der Waals surface area contributed by atoms with Crippen molar-refractivity contribution in [1.29, 1.82) is 0 Å². The van der Waals surface area contributed by atoms with E-state index in [2.05, 4.69) is 0 Å². The van der Waals surface area contributed by atoms with Crippen LogP contribution in [0, 0.1) is 0 Å². The summed E-state index contributed by atoms with van der Waals surface area (Å²) in [7, 11) is 0. The molecule has 0 radical (unpaired) electrons. The first kappa shape index (κ1) is 17.6. The van der Waals surface area contributed by atoms with Crippen molar-refractivity contribution in [3.63, 3.8) is 0 Å². The first-order valence-corrected chi connectivity index (χ1v) is 7.24. The van der Waals surface area contributed by atoms with Crippen LogP contribution in [0.25, 0.3) is 0 Å². The number of carboxylic acid groups (broad SMARTS) is 1. The molecule has 20 heavy (non-hydrogen) atoms. The summed E-state index contributed by atoms with van der Waals surface area (Å²) in [5, 5.41) is 12.3. The summed E-state index contributed by atoms with van der Waals surface area (Å²) in [6.07, 6.45) is 1.54. The van der Waals surface area contributed by atoms with Gasteiger partial charge in [-0.2, -0.15) is 0 Å². The minimum Gasteiger partial charge on any atom is -0.543 e. The molecule has 0 aromatic carbocycles. The average Bonchev–Trinajstić information content (AvgIpc) is 2.62. The van der Waals surface area contributed by atoms with Crippen molar-refractivity contribution in [2.24, 2.45) is 0 Å². The molecule has 0 unspecified atom stereocenters. The average molecular weight is 323 g/mol. The molecule has 0 spiro atoms. The van der Waals surface area contributed by atoms with Crippen LogP contribution in [0.2, 0.25) is 0 Å². The third-order valence-corrected chi connectivity index (χ3v) is 4.76. The summed E-state index contributed by atoms with van der Waals surface area (Å²) >= 11 is 2.36. The first-order valence-electron chi connectivity index (χ1n) is 5.49. The van der Waals surface area contributed by atoms with Gasteiger partial charge < -0.3 is 14.6 Å². The van der Waals surface area contributed by atoms with Crippen LogP contribution in [0.4, 0.5) is 0 Å². The van der Waals surface area contributed by atoms with Crippen LogP contribution in [0.3, 0.4) is 0 Å². The normalized spacial score (nSPS) is 20.6. The third kappa shape index (κ3) is 3.62. The predicted octanol–water partition coefficient (Wildman–Crippen LogP) is -2.98. The quantitative estimate of drug-likeness (QED) is 0.231. The number of ether oxygens (including phenoxy) is 1. The molecule has 2 aliphatic heterocycles. The van der Waals surface area contributed by atoms with E-state index in [1.165, 1.54) is 28.1 Å². The van der Waals surface area contributed by atoms with Gasteiger partial charge in [-0.15, -0.1) is 0 Å². The number of rotatable bonds is 5. The SMILES string of the molecule is CCOC(=O)/C=C\SC1=C(C(=O)[O-])N2C(=O)C[C@H]2S1.[Na+]. The van der Waals surface area contributed by atoms with Gasteiger partial charge in [0.1, 0.15) is 0 Å². The molecule has 1 amide bonds. The fourth-order valence-electron chi connectivity index (χ4n) is 1.63. The van der Waals surface area contributed by atoms with Gasteiger partial charge in [-0.1, -0.05) is 23.5 Å².